The largest absolute Gasteiger partial charge is 0.314 e. The van der Waals surface area contributed by atoms with Crippen molar-refractivity contribution in [2.24, 2.45) is 0 Å². The van der Waals surface area contributed by atoms with Crippen molar-refractivity contribution < 1.29 is 0 Å². The first-order valence-electron chi connectivity index (χ1n) is 6.78. The van der Waals surface area contributed by atoms with Gasteiger partial charge in [0.2, 0.25) is 0 Å². The Labute approximate surface area is 105 Å². The number of hydrogen-bond acceptors (Lipinski definition) is 3. The van der Waals surface area contributed by atoms with E-state index in [1.54, 1.807) is 0 Å². The van der Waals surface area contributed by atoms with E-state index in [-0.39, 0.29) is 0 Å². The number of piperidine rings is 1. The Balaban J connectivity index is 1.95. The lowest BCUT2D eigenvalue weighted by atomic mass is 9.99. The average molecular weight is 244 g/mol. The minimum absolute atomic E-state index is 0.671. The van der Waals surface area contributed by atoms with Crippen molar-refractivity contribution in [1.82, 2.24) is 10.6 Å². The summed E-state index contributed by atoms with van der Waals surface area (Å²) in [6.07, 6.45) is 10.3. The van der Waals surface area contributed by atoms with E-state index < -0.39 is 0 Å². The number of hydrogen-bond donors (Lipinski definition) is 2. The van der Waals surface area contributed by atoms with E-state index in [0.29, 0.717) is 6.04 Å². The minimum Gasteiger partial charge on any atom is -0.314 e. The predicted octanol–water partition coefficient (Wildman–Crippen LogP) is 2.64. The number of rotatable bonds is 8. The van der Waals surface area contributed by atoms with Crippen LogP contribution in [-0.4, -0.2) is 37.2 Å². The van der Waals surface area contributed by atoms with Crippen LogP contribution in [0.5, 0.6) is 0 Å². The van der Waals surface area contributed by atoms with Crippen LogP contribution in [0.25, 0.3) is 0 Å². The average Bonchev–Trinajstić information content (AvgIpc) is 2.30. The Morgan fingerprint density at radius 2 is 2.25 bits per heavy atom. The fourth-order valence-electron chi connectivity index (χ4n) is 2.36. The molecule has 2 unspecified atom stereocenters. The first-order chi connectivity index (χ1) is 7.83. The lowest BCUT2D eigenvalue weighted by Gasteiger charge is -2.26. The summed E-state index contributed by atoms with van der Waals surface area (Å²) in [6, 6.07) is 1.44. The van der Waals surface area contributed by atoms with Gasteiger partial charge in [-0.05, 0) is 64.1 Å². The maximum atomic E-state index is 3.64. The van der Waals surface area contributed by atoms with E-state index in [9.17, 15) is 0 Å². The van der Waals surface area contributed by atoms with E-state index in [2.05, 4.69) is 23.8 Å². The summed E-state index contributed by atoms with van der Waals surface area (Å²) < 4.78 is 0. The zero-order valence-electron chi connectivity index (χ0n) is 10.9. The van der Waals surface area contributed by atoms with E-state index in [1.807, 2.05) is 11.8 Å². The van der Waals surface area contributed by atoms with Crippen molar-refractivity contribution in [1.29, 1.82) is 0 Å². The third kappa shape index (κ3) is 6.77. The van der Waals surface area contributed by atoms with E-state index >= 15 is 0 Å². The van der Waals surface area contributed by atoms with Gasteiger partial charge in [-0.2, -0.15) is 11.8 Å². The molecular weight excluding hydrogens is 216 g/mol. The van der Waals surface area contributed by atoms with Crippen molar-refractivity contribution >= 4 is 11.8 Å². The second kappa shape index (κ2) is 9.32. The highest BCUT2D eigenvalue weighted by atomic mass is 32.2. The molecule has 0 spiro atoms. The molecule has 0 aliphatic carbocycles. The van der Waals surface area contributed by atoms with Crippen LogP contribution in [0.2, 0.25) is 0 Å². The molecule has 96 valence electrons. The lowest BCUT2D eigenvalue weighted by Crippen LogP contribution is -2.40. The van der Waals surface area contributed by atoms with Crippen molar-refractivity contribution in [2.75, 3.05) is 25.1 Å². The highest BCUT2D eigenvalue weighted by molar-refractivity contribution is 7.98. The maximum absolute atomic E-state index is 3.64. The van der Waals surface area contributed by atoms with E-state index in [4.69, 9.17) is 0 Å². The summed E-state index contributed by atoms with van der Waals surface area (Å²) >= 11 is 1.95. The molecular formula is C13H28N2S. The highest BCUT2D eigenvalue weighted by Gasteiger charge is 2.14. The summed E-state index contributed by atoms with van der Waals surface area (Å²) in [5.74, 6) is 1.31. The summed E-state index contributed by atoms with van der Waals surface area (Å²) in [7, 11) is 0. The van der Waals surface area contributed by atoms with Gasteiger partial charge in [0.15, 0.2) is 0 Å². The molecule has 0 aromatic carbocycles. The fourth-order valence-corrected chi connectivity index (χ4v) is 2.85. The third-order valence-corrected chi connectivity index (χ3v) is 4.02. The normalized spacial score (nSPS) is 23.2. The summed E-state index contributed by atoms with van der Waals surface area (Å²) in [5, 5.41) is 7.26. The molecule has 1 fully saturated rings. The highest BCUT2D eigenvalue weighted by Crippen LogP contribution is 2.11. The first-order valence-corrected chi connectivity index (χ1v) is 8.18. The van der Waals surface area contributed by atoms with Crippen LogP contribution in [0.1, 0.15) is 45.4 Å². The molecule has 1 saturated heterocycles. The Morgan fingerprint density at radius 1 is 1.38 bits per heavy atom. The number of thioether (sulfide) groups is 1. The van der Waals surface area contributed by atoms with Gasteiger partial charge < -0.3 is 10.6 Å². The molecule has 1 aliphatic rings. The Hall–Kier alpha value is 0.270. The molecule has 0 bridgehead atoms. The molecule has 0 radical (unpaired) electrons. The lowest BCUT2D eigenvalue weighted by molar-refractivity contribution is 0.344. The van der Waals surface area contributed by atoms with Crippen LogP contribution >= 0.6 is 11.8 Å². The molecule has 16 heavy (non-hydrogen) atoms. The molecule has 1 heterocycles. The van der Waals surface area contributed by atoms with Gasteiger partial charge in [0.1, 0.15) is 0 Å². The van der Waals surface area contributed by atoms with Crippen LogP contribution in [-0.2, 0) is 0 Å². The van der Waals surface area contributed by atoms with Crippen molar-refractivity contribution in [3.05, 3.63) is 0 Å². The molecule has 1 aliphatic heterocycles. The second-order valence-corrected chi connectivity index (χ2v) is 5.92. The zero-order valence-corrected chi connectivity index (χ0v) is 11.7. The molecule has 2 N–H and O–H groups in total. The van der Waals surface area contributed by atoms with Gasteiger partial charge in [-0.15, -0.1) is 0 Å². The molecule has 0 aromatic rings. The predicted molar refractivity (Wildman–Crippen MR) is 75.3 cm³/mol. The van der Waals surface area contributed by atoms with Crippen LogP contribution in [0.4, 0.5) is 0 Å². The van der Waals surface area contributed by atoms with Crippen LogP contribution in [0.3, 0.4) is 0 Å². The monoisotopic (exact) mass is 244 g/mol. The molecule has 2 nitrogen and oxygen atoms in total. The van der Waals surface area contributed by atoms with Gasteiger partial charge in [0.25, 0.3) is 0 Å². The minimum atomic E-state index is 0.671. The van der Waals surface area contributed by atoms with E-state index in [1.165, 1.54) is 57.4 Å². The van der Waals surface area contributed by atoms with Crippen molar-refractivity contribution in [3.8, 4) is 0 Å². The van der Waals surface area contributed by atoms with Gasteiger partial charge in [0.05, 0.1) is 0 Å². The standard InChI is InChI=1S/C13H28N2S/c1-12(14-8-5-6-10-16-2)11-13-7-3-4-9-15-13/h12-15H,3-11H2,1-2H3. The van der Waals surface area contributed by atoms with Gasteiger partial charge in [-0.25, -0.2) is 0 Å². The zero-order chi connectivity index (χ0) is 11.6. The Kier molecular flexibility index (Phi) is 8.34. The number of nitrogens with one attached hydrogen (secondary N) is 2. The van der Waals surface area contributed by atoms with Gasteiger partial charge in [-0.1, -0.05) is 6.42 Å². The SMILES string of the molecule is CSCCCCNC(C)CC1CCCCN1. The van der Waals surface area contributed by atoms with Crippen LogP contribution in [0.15, 0.2) is 0 Å². The Morgan fingerprint density at radius 3 is 2.94 bits per heavy atom. The quantitative estimate of drug-likeness (QED) is 0.642. The fraction of sp³-hybridized carbons (Fsp3) is 1.00. The molecule has 1 rings (SSSR count). The summed E-state index contributed by atoms with van der Waals surface area (Å²) in [5.41, 5.74) is 0. The second-order valence-electron chi connectivity index (χ2n) is 4.94. The first kappa shape index (κ1) is 14.3. The smallest absolute Gasteiger partial charge is 0.00817 e. The molecule has 0 saturated carbocycles. The van der Waals surface area contributed by atoms with Crippen LogP contribution < -0.4 is 10.6 Å². The van der Waals surface area contributed by atoms with Crippen molar-refractivity contribution in [3.63, 3.8) is 0 Å². The van der Waals surface area contributed by atoms with Gasteiger partial charge >= 0.3 is 0 Å². The molecule has 0 amide bonds. The molecule has 2 atom stereocenters. The van der Waals surface area contributed by atoms with E-state index in [0.717, 1.165) is 6.04 Å². The third-order valence-electron chi connectivity index (χ3n) is 3.32. The van der Waals surface area contributed by atoms with Crippen LogP contribution in [0, 0.1) is 0 Å². The van der Waals surface area contributed by atoms with Gasteiger partial charge in [0, 0.05) is 12.1 Å². The summed E-state index contributed by atoms with van der Waals surface area (Å²) in [6.45, 7) is 4.74. The maximum Gasteiger partial charge on any atom is 0.00817 e. The number of unbranched alkanes of at least 4 members (excludes halogenated alkanes) is 1. The molecule has 0 aromatic heterocycles. The van der Waals surface area contributed by atoms with Gasteiger partial charge in [-0.3, -0.25) is 0 Å². The summed E-state index contributed by atoms with van der Waals surface area (Å²) in [4.78, 5) is 0. The molecule has 3 heteroatoms. The topological polar surface area (TPSA) is 24.1 Å². The van der Waals surface area contributed by atoms with Crippen molar-refractivity contribution in [2.45, 2.75) is 57.5 Å². The Bertz CT molecular complexity index is 158.